The Balaban J connectivity index is 1.63. The molecule has 2 heterocycles. The van der Waals surface area contributed by atoms with Gasteiger partial charge in [0.1, 0.15) is 0 Å². The Morgan fingerprint density at radius 3 is 1.71 bits per heavy atom. The molecule has 0 unspecified atom stereocenters. The number of nitrogens with zero attached hydrogens (tertiary/aromatic N) is 2. The monoisotopic (exact) mass is 484 g/mol. The summed E-state index contributed by atoms with van der Waals surface area (Å²) in [5, 5.41) is 5.19. The number of halogens is 1. The first-order valence-corrected chi connectivity index (χ1v) is 10.7. The molecular weight excluding hydrogens is 470 g/mol. The summed E-state index contributed by atoms with van der Waals surface area (Å²) in [6.07, 6.45) is 0. The molecule has 0 spiro atoms. The lowest BCUT2D eigenvalue weighted by molar-refractivity contribution is 1.39. The molecule has 4 heteroatoms. The van der Waals surface area contributed by atoms with Crippen LogP contribution in [0.1, 0.15) is 0 Å². The Morgan fingerprint density at radius 1 is 0.536 bits per heavy atom. The second-order valence-electron chi connectivity index (χ2n) is 7.15. The van der Waals surface area contributed by atoms with Gasteiger partial charge in [0.2, 0.25) is 0 Å². The maximum absolute atomic E-state index is 2.84. The Labute approximate surface area is 184 Å². The molecule has 2 nitrogen and oxygen atoms in total. The van der Waals surface area contributed by atoms with Crippen molar-refractivity contribution in [1.82, 2.24) is 6.33 Å². The maximum Gasteiger partial charge on any atom is 0.318 e. The van der Waals surface area contributed by atoms with Crippen molar-refractivity contribution in [3.8, 4) is 11.1 Å². The summed E-state index contributed by atoms with van der Waals surface area (Å²) >= 11 is 5.23. The first kappa shape index (κ1) is 16.7. The van der Waals surface area contributed by atoms with Crippen molar-refractivity contribution >= 4 is 83.0 Å². The van der Waals surface area contributed by atoms with E-state index in [0.29, 0.717) is 0 Å². The van der Waals surface area contributed by atoms with Crippen LogP contribution in [-0.2, 0) is 0 Å². The highest BCUT2D eigenvalue weighted by molar-refractivity contribution is 14.1. The summed E-state index contributed by atoms with van der Waals surface area (Å²) in [7, 11) is 0. The standard InChI is InChI=1S/C24H14IN2.Al/c25-27-23-8-4-2-6-18(23)20-14-16(10-12-24(20)27)15-9-11-22-19(13-15)17-5-1-3-7-21(17)26-22;/h1-14H;/q-1;+1. The fourth-order valence-corrected chi connectivity index (χ4v) is 5.58. The minimum atomic E-state index is 1.24. The van der Waals surface area contributed by atoms with Crippen LogP contribution < -0.4 is 0 Å². The van der Waals surface area contributed by atoms with Crippen LogP contribution in [-0.4, -0.2) is 22.8 Å². The Kier molecular flexibility index (Phi) is 3.64. The largest absolute Gasteiger partial charge is 0.452 e. The van der Waals surface area contributed by atoms with Crippen LogP contribution in [0.15, 0.2) is 84.9 Å². The fraction of sp³-hybridized carbons (Fsp3) is 0. The van der Waals surface area contributed by atoms with Crippen LogP contribution in [0.3, 0.4) is 0 Å². The number of fused-ring (bicyclic) bond motifs is 6. The molecule has 0 saturated heterocycles. The van der Waals surface area contributed by atoms with Gasteiger partial charge in [-0.05, 0) is 47.5 Å². The van der Waals surface area contributed by atoms with Crippen molar-refractivity contribution in [3.05, 3.63) is 84.9 Å². The third-order valence-corrected chi connectivity index (χ3v) is 7.25. The van der Waals surface area contributed by atoms with E-state index in [4.69, 9.17) is 0 Å². The predicted molar refractivity (Wildman–Crippen MR) is 128 cm³/mol. The molecule has 2 radical (unpaired) electrons. The van der Waals surface area contributed by atoms with Crippen molar-refractivity contribution in [2.75, 3.05) is 0 Å². The average Bonchev–Trinajstić information content (AvgIpc) is 3.20. The molecule has 2 aromatic heterocycles. The van der Waals surface area contributed by atoms with E-state index in [1.54, 1.807) is 0 Å². The molecule has 0 aliphatic carbocycles. The molecule has 0 aliphatic heterocycles. The first-order chi connectivity index (χ1) is 13.7. The van der Waals surface area contributed by atoms with E-state index in [-0.39, 0.29) is 0 Å². The van der Waals surface area contributed by atoms with E-state index in [2.05, 4.69) is 131 Å². The summed E-state index contributed by atoms with van der Waals surface area (Å²) in [6, 6.07) is 30.8. The lowest BCUT2D eigenvalue weighted by Gasteiger charge is -2.05. The van der Waals surface area contributed by atoms with Gasteiger partial charge in [0.25, 0.3) is 0 Å². The Bertz CT molecular complexity index is 1420. The molecular formula is C24H14AlIN2. The molecule has 0 bridgehead atoms. The molecule has 4 aromatic carbocycles. The fourth-order valence-electron chi connectivity index (χ4n) is 4.29. The zero-order chi connectivity index (χ0) is 18.8. The normalized spacial score (nSPS) is 11.9. The lowest BCUT2D eigenvalue weighted by Crippen LogP contribution is -1.89. The average molecular weight is 484 g/mol. The minimum absolute atomic E-state index is 1.24. The third kappa shape index (κ3) is 2.26. The summed E-state index contributed by atoms with van der Waals surface area (Å²) < 4.78 is 4.44. The topological polar surface area (TPSA) is 9.86 Å². The number of rotatable bonds is 1. The Hall–Kier alpha value is -2.26. The van der Waals surface area contributed by atoms with Gasteiger partial charge in [-0.15, -0.1) is 0 Å². The molecule has 130 valence electrons. The highest BCUT2D eigenvalue weighted by Crippen LogP contribution is 2.36. The lowest BCUT2D eigenvalue weighted by atomic mass is 10.0. The van der Waals surface area contributed by atoms with Crippen molar-refractivity contribution in [1.29, 1.82) is 0 Å². The highest BCUT2D eigenvalue weighted by atomic mass is 127. The van der Waals surface area contributed by atoms with Crippen LogP contribution in [0, 0.1) is 0 Å². The summed E-state index contributed by atoms with van der Waals surface area (Å²) in [6.45, 7) is 0. The van der Waals surface area contributed by atoms with Crippen molar-refractivity contribution in [3.63, 3.8) is 0 Å². The minimum Gasteiger partial charge on any atom is -0.452 e. The van der Waals surface area contributed by atoms with Gasteiger partial charge in [0.15, 0.2) is 0 Å². The molecule has 0 fully saturated rings. The predicted octanol–water partition coefficient (Wildman–Crippen LogP) is 6.70. The summed E-state index contributed by atoms with van der Waals surface area (Å²) in [5.41, 5.74) is 7.50. The van der Waals surface area contributed by atoms with Gasteiger partial charge >= 0.3 is 16.5 Å². The van der Waals surface area contributed by atoms with E-state index >= 15 is 0 Å². The second-order valence-corrected chi connectivity index (χ2v) is 8.63. The van der Waals surface area contributed by atoms with E-state index < -0.39 is 0 Å². The van der Waals surface area contributed by atoms with Gasteiger partial charge in [-0.25, -0.2) is 0 Å². The smallest absolute Gasteiger partial charge is 0.318 e. The molecule has 6 rings (SSSR count). The van der Waals surface area contributed by atoms with Gasteiger partial charge < -0.3 is 3.55 Å². The van der Waals surface area contributed by atoms with Gasteiger partial charge in [0, 0.05) is 32.6 Å². The SMILES string of the molecule is [Al][n]1c2ccccc2c2cc(-c3ccc4c(c3)c3ccccc3n4I)ccc21. The van der Waals surface area contributed by atoms with Gasteiger partial charge in [0.05, 0.1) is 33.9 Å². The highest BCUT2D eigenvalue weighted by Gasteiger charge is 2.12. The molecule has 0 atom stereocenters. The van der Waals surface area contributed by atoms with E-state index in [9.17, 15) is 0 Å². The number of hydrogen-bond donors (Lipinski definition) is 0. The maximum atomic E-state index is 2.84. The third-order valence-electron chi connectivity index (χ3n) is 5.66. The van der Waals surface area contributed by atoms with Crippen LogP contribution in [0.5, 0.6) is 0 Å². The van der Waals surface area contributed by atoms with Crippen molar-refractivity contribution in [2.45, 2.75) is 0 Å². The zero-order valence-corrected chi connectivity index (χ0v) is 18.2. The number of para-hydroxylation sites is 2. The van der Waals surface area contributed by atoms with Gasteiger partial charge in [-0.2, -0.15) is 0 Å². The van der Waals surface area contributed by atoms with Crippen LogP contribution in [0.2, 0.25) is 0 Å². The zero-order valence-electron chi connectivity index (χ0n) is 14.9. The van der Waals surface area contributed by atoms with Crippen LogP contribution >= 0.6 is 22.9 Å². The van der Waals surface area contributed by atoms with E-state index in [0.717, 1.165) is 0 Å². The molecule has 0 N–H and O–H groups in total. The summed E-state index contributed by atoms with van der Waals surface area (Å²) in [4.78, 5) is 0. The van der Waals surface area contributed by atoms with E-state index in [1.165, 1.54) is 54.7 Å². The molecule has 0 saturated carbocycles. The van der Waals surface area contributed by atoms with Crippen molar-refractivity contribution < 1.29 is 0 Å². The van der Waals surface area contributed by atoms with Gasteiger partial charge in [-0.1, -0.05) is 48.5 Å². The summed E-state index contributed by atoms with van der Waals surface area (Å²) in [5.74, 6) is 0. The Morgan fingerprint density at radius 2 is 1.00 bits per heavy atom. The van der Waals surface area contributed by atoms with Crippen LogP contribution in [0.4, 0.5) is 0 Å². The van der Waals surface area contributed by atoms with Crippen molar-refractivity contribution in [2.24, 2.45) is 0 Å². The second kappa shape index (κ2) is 6.12. The molecule has 6 aromatic rings. The molecule has 0 aliphatic rings. The van der Waals surface area contributed by atoms with Gasteiger partial charge in [-0.3, -0.25) is 2.78 Å². The van der Waals surface area contributed by atoms with E-state index in [1.807, 2.05) is 0 Å². The van der Waals surface area contributed by atoms with Crippen LogP contribution in [0.25, 0.3) is 54.7 Å². The number of hydrogen-bond acceptors (Lipinski definition) is 0. The molecule has 28 heavy (non-hydrogen) atoms. The number of aromatic nitrogens is 2. The number of benzene rings is 4. The quantitative estimate of drug-likeness (QED) is 0.182. The molecule has 0 amide bonds. The first-order valence-electron chi connectivity index (χ1n) is 9.20.